The summed E-state index contributed by atoms with van der Waals surface area (Å²) in [5.74, 6) is -1.14. The molecule has 3 N–H and O–H groups in total. The molecule has 0 atom stereocenters. The van der Waals surface area contributed by atoms with Gasteiger partial charge < -0.3 is 20.5 Å². The van der Waals surface area contributed by atoms with Crippen molar-refractivity contribution >= 4 is 17.8 Å². The Kier molecular flexibility index (Phi) is 6.56. The number of ether oxygens (including phenoxy) is 1. The first kappa shape index (κ1) is 18.5. The third-order valence-corrected chi connectivity index (χ3v) is 2.84. The minimum Gasteiger partial charge on any atom is -0.482 e. The summed E-state index contributed by atoms with van der Waals surface area (Å²) in [6.07, 6.45) is 0. The van der Waals surface area contributed by atoms with E-state index in [2.05, 4.69) is 10.6 Å². The number of rotatable bonds is 7. The molecule has 0 bridgehead atoms. The van der Waals surface area contributed by atoms with Crippen LogP contribution in [0.2, 0.25) is 0 Å². The number of carbonyl (C=O) groups is 3. The van der Waals surface area contributed by atoms with E-state index in [1.165, 1.54) is 0 Å². The number of hydrogen-bond acceptors (Lipinski definition) is 4. The van der Waals surface area contributed by atoms with Crippen LogP contribution in [-0.2, 0) is 20.9 Å². The first-order valence-electron chi connectivity index (χ1n) is 7.17. The van der Waals surface area contributed by atoms with Crippen molar-refractivity contribution in [3.8, 4) is 5.75 Å². The third-order valence-electron chi connectivity index (χ3n) is 2.84. The van der Waals surface area contributed by atoms with E-state index in [4.69, 9.17) is 9.84 Å². The van der Waals surface area contributed by atoms with E-state index in [0.29, 0.717) is 5.75 Å². The number of amides is 2. The van der Waals surface area contributed by atoms with Crippen LogP contribution in [0, 0.1) is 5.41 Å². The quantitative estimate of drug-likeness (QED) is 0.692. The topological polar surface area (TPSA) is 105 Å². The zero-order valence-corrected chi connectivity index (χ0v) is 13.5. The van der Waals surface area contributed by atoms with Gasteiger partial charge in [-0.1, -0.05) is 32.9 Å². The maximum atomic E-state index is 11.7. The summed E-state index contributed by atoms with van der Waals surface area (Å²) in [4.78, 5) is 33.8. The molecule has 1 aromatic carbocycles. The Balaban J connectivity index is 2.42. The van der Waals surface area contributed by atoms with Crippen molar-refractivity contribution in [2.75, 3.05) is 13.2 Å². The molecule has 2 amide bonds. The van der Waals surface area contributed by atoms with Crippen molar-refractivity contribution in [3.05, 3.63) is 29.8 Å². The van der Waals surface area contributed by atoms with Gasteiger partial charge in [0.25, 0.3) is 0 Å². The molecule has 0 aliphatic carbocycles. The van der Waals surface area contributed by atoms with E-state index in [9.17, 15) is 14.4 Å². The summed E-state index contributed by atoms with van der Waals surface area (Å²) in [7, 11) is 0. The average Bonchev–Trinajstić information content (AvgIpc) is 2.48. The van der Waals surface area contributed by atoms with Gasteiger partial charge in [0.15, 0.2) is 6.61 Å². The number of benzene rings is 1. The fourth-order valence-corrected chi connectivity index (χ4v) is 1.58. The maximum Gasteiger partial charge on any atom is 0.341 e. The summed E-state index contributed by atoms with van der Waals surface area (Å²) < 4.78 is 5.06. The van der Waals surface area contributed by atoms with E-state index < -0.39 is 18.0 Å². The lowest BCUT2D eigenvalue weighted by atomic mass is 9.96. The number of nitrogens with one attached hydrogen (secondary N) is 2. The Morgan fingerprint density at radius 1 is 1.17 bits per heavy atom. The molecule has 0 heterocycles. The van der Waals surface area contributed by atoms with Gasteiger partial charge in [-0.05, 0) is 17.7 Å². The molecule has 0 aliphatic rings. The molecule has 0 unspecified atom stereocenters. The van der Waals surface area contributed by atoms with Crippen molar-refractivity contribution in [1.82, 2.24) is 10.6 Å². The van der Waals surface area contributed by atoms with Crippen LogP contribution in [0.4, 0.5) is 0 Å². The normalized spacial score (nSPS) is 10.7. The van der Waals surface area contributed by atoms with E-state index in [-0.39, 0.29) is 24.9 Å². The highest BCUT2D eigenvalue weighted by Gasteiger charge is 2.21. The van der Waals surface area contributed by atoms with Gasteiger partial charge in [0.1, 0.15) is 5.75 Å². The molecule has 0 spiro atoms. The lowest BCUT2D eigenvalue weighted by molar-refractivity contribution is -0.139. The Morgan fingerprint density at radius 2 is 1.87 bits per heavy atom. The second kappa shape index (κ2) is 8.17. The van der Waals surface area contributed by atoms with E-state index in [1.807, 2.05) is 0 Å². The molecule has 7 nitrogen and oxygen atoms in total. The van der Waals surface area contributed by atoms with E-state index in [1.54, 1.807) is 45.0 Å². The molecule has 0 fully saturated rings. The first-order chi connectivity index (χ1) is 10.7. The molecule has 23 heavy (non-hydrogen) atoms. The molecule has 0 saturated carbocycles. The monoisotopic (exact) mass is 322 g/mol. The van der Waals surface area contributed by atoms with Crippen LogP contribution in [-0.4, -0.2) is 36.0 Å². The highest BCUT2D eigenvalue weighted by molar-refractivity contribution is 5.87. The van der Waals surface area contributed by atoms with Gasteiger partial charge in [-0.25, -0.2) is 4.79 Å². The predicted octanol–water partition coefficient (Wildman–Crippen LogP) is 0.929. The Labute approximate surface area is 135 Å². The summed E-state index contributed by atoms with van der Waals surface area (Å²) >= 11 is 0. The molecule has 0 aromatic heterocycles. The minimum absolute atomic E-state index is 0.0920. The van der Waals surface area contributed by atoms with Gasteiger partial charge in [0.2, 0.25) is 11.8 Å². The Morgan fingerprint density at radius 3 is 2.48 bits per heavy atom. The first-order valence-corrected chi connectivity index (χ1v) is 7.17. The highest BCUT2D eigenvalue weighted by Crippen LogP contribution is 2.13. The number of aliphatic carboxylic acids is 1. The average molecular weight is 322 g/mol. The van der Waals surface area contributed by atoms with Gasteiger partial charge in [-0.15, -0.1) is 0 Å². The zero-order valence-electron chi connectivity index (χ0n) is 13.5. The molecular formula is C16H22N2O5. The Hall–Kier alpha value is -2.57. The van der Waals surface area contributed by atoms with Crippen LogP contribution < -0.4 is 15.4 Å². The van der Waals surface area contributed by atoms with Crippen molar-refractivity contribution in [3.63, 3.8) is 0 Å². The number of carboxylic acids is 1. The molecule has 0 saturated heterocycles. The highest BCUT2D eigenvalue weighted by atomic mass is 16.5. The number of carboxylic acid groups (broad SMARTS) is 1. The van der Waals surface area contributed by atoms with Crippen LogP contribution in [0.15, 0.2) is 24.3 Å². The van der Waals surface area contributed by atoms with E-state index >= 15 is 0 Å². The third kappa shape index (κ3) is 7.30. The summed E-state index contributed by atoms with van der Waals surface area (Å²) in [6, 6.07) is 6.77. The molecule has 1 rings (SSSR count). The molecule has 126 valence electrons. The SMILES string of the molecule is CC(C)(C)C(=O)NCC(=O)NCc1cccc(OCC(=O)O)c1. The van der Waals surface area contributed by atoms with Crippen LogP contribution in [0.3, 0.4) is 0 Å². The van der Waals surface area contributed by atoms with Crippen molar-refractivity contribution in [1.29, 1.82) is 0 Å². The molecule has 0 radical (unpaired) electrons. The van der Waals surface area contributed by atoms with Crippen molar-refractivity contribution in [2.24, 2.45) is 5.41 Å². The fraction of sp³-hybridized carbons (Fsp3) is 0.438. The molecule has 7 heteroatoms. The van der Waals surface area contributed by atoms with Gasteiger partial charge in [0.05, 0.1) is 6.54 Å². The molecule has 1 aromatic rings. The molecular weight excluding hydrogens is 300 g/mol. The lowest BCUT2D eigenvalue weighted by Gasteiger charge is -2.17. The van der Waals surface area contributed by atoms with Crippen LogP contribution in [0.1, 0.15) is 26.3 Å². The largest absolute Gasteiger partial charge is 0.482 e. The smallest absolute Gasteiger partial charge is 0.341 e. The summed E-state index contributed by atoms with van der Waals surface area (Å²) in [5, 5.41) is 13.8. The van der Waals surface area contributed by atoms with Crippen molar-refractivity contribution < 1.29 is 24.2 Å². The number of hydrogen-bond donors (Lipinski definition) is 3. The second-order valence-electron chi connectivity index (χ2n) is 6.04. The fourth-order valence-electron chi connectivity index (χ4n) is 1.58. The van der Waals surface area contributed by atoms with Gasteiger partial charge in [-0.3, -0.25) is 9.59 Å². The van der Waals surface area contributed by atoms with Gasteiger partial charge in [0, 0.05) is 12.0 Å². The predicted molar refractivity (Wildman–Crippen MR) is 83.9 cm³/mol. The van der Waals surface area contributed by atoms with Crippen molar-refractivity contribution in [2.45, 2.75) is 27.3 Å². The van der Waals surface area contributed by atoms with Crippen LogP contribution in [0.25, 0.3) is 0 Å². The van der Waals surface area contributed by atoms with Gasteiger partial charge in [-0.2, -0.15) is 0 Å². The van der Waals surface area contributed by atoms with Gasteiger partial charge >= 0.3 is 5.97 Å². The van der Waals surface area contributed by atoms with Crippen LogP contribution >= 0.6 is 0 Å². The minimum atomic E-state index is -1.06. The number of carbonyl (C=O) groups excluding carboxylic acids is 2. The lowest BCUT2D eigenvalue weighted by Crippen LogP contribution is -2.41. The molecule has 0 aliphatic heterocycles. The standard InChI is InChI=1S/C16H22N2O5/c1-16(2,3)15(22)18-9-13(19)17-8-11-5-4-6-12(7-11)23-10-14(20)21/h4-7H,8-10H2,1-3H3,(H,17,19)(H,18,22)(H,20,21). The summed E-state index contributed by atoms with van der Waals surface area (Å²) in [5.41, 5.74) is 0.221. The summed E-state index contributed by atoms with van der Waals surface area (Å²) in [6.45, 7) is 5.04. The van der Waals surface area contributed by atoms with E-state index in [0.717, 1.165) is 5.56 Å². The van der Waals surface area contributed by atoms with Crippen LogP contribution in [0.5, 0.6) is 5.75 Å². The second-order valence-corrected chi connectivity index (χ2v) is 6.04. The zero-order chi connectivity index (χ0) is 17.5. The maximum absolute atomic E-state index is 11.7. The Bertz CT molecular complexity index is 578.